The Labute approximate surface area is 123 Å². The second kappa shape index (κ2) is 6.59. The minimum Gasteiger partial charge on any atom is -0.496 e. The third-order valence-corrected chi connectivity index (χ3v) is 4.51. The van der Waals surface area contributed by atoms with Crippen LogP contribution >= 0.6 is 0 Å². The number of nitrogens with zero attached hydrogens (tertiary/aromatic N) is 1. The number of rotatable bonds is 5. The number of nitrogens with one attached hydrogen (secondary N) is 1. The molecule has 1 aromatic carbocycles. The summed E-state index contributed by atoms with van der Waals surface area (Å²) >= 11 is 0. The number of likely N-dealkylation sites (tertiary alicyclic amines) is 1. The van der Waals surface area contributed by atoms with E-state index in [1.54, 1.807) is 7.11 Å². The Morgan fingerprint density at radius 2 is 1.90 bits per heavy atom. The van der Waals surface area contributed by atoms with E-state index in [1.165, 1.54) is 31.5 Å². The zero-order valence-electron chi connectivity index (χ0n) is 13.3. The van der Waals surface area contributed by atoms with Gasteiger partial charge in [0, 0.05) is 18.2 Å². The largest absolute Gasteiger partial charge is 0.496 e. The van der Waals surface area contributed by atoms with Crippen LogP contribution in [-0.4, -0.2) is 38.7 Å². The quantitative estimate of drug-likeness (QED) is 0.894. The molecule has 3 heteroatoms. The maximum Gasteiger partial charge on any atom is 0.123 e. The summed E-state index contributed by atoms with van der Waals surface area (Å²) in [5, 5.41) is 3.44. The van der Waals surface area contributed by atoms with E-state index < -0.39 is 0 Å². The van der Waals surface area contributed by atoms with Gasteiger partial charge in [-0.05, 0) is 44.5 Å². The van der Waals surface area contributed by atoms with Crippen LogP contribution in [0, 0.1) is 5.41 Å². The van der Waals surface area contributed by atoms with Crippen molar-refractivity contribution in [2.45, 2.75) is 32.7 Å². The van der Waals surface area contributed by atoms with E-state index in [-0.39, 0.29) is 0 Å². The number of benzene rings is 1. The van der Waals surface area contributed by atoms with Gasteiger partial charge in [-0.3, -0.25) is 0 Å². The van der Waals surface area contributed by atoms with E-state index in [1.807, 2.05) is 19.2 Å². The highest BCUT2D eigenvalue weighted by molar-refractivity contribution is 5.36. The van der Waals surface area contributed by atoms with E-state index >= 15 is 0 Å². The molecule has 1 saturated heterocycles. The van der Waals surface area contributed by atoms with Crippen LogP contribution in [0.5, 0.6) is 5.75 Å². The highest BCUT2D eigenvalue weighted by Gasteiger charge is 2.27. The van der Waals surface area contributed by atoms with Gasteiger partial charge in [0.2, 0.25) is 0 Å². The third kappa shape index (κ3) is 3.74. The lowest BCUT2D eigenvalue weighted by Gasteiger charge is -2.38. The first-order valence-corrected chi connectivity index (χ1v) is 7.58. The van der Waals surface area contributed by atoms with Crippen molar-refractivity contribution in [1.82, 2.24) is 10.2 Å². The predicted molar refractivity (Wildman–Crippen MR) is 84.2 cm³/mol. The van der Waals surface area contributed by atoms with Crippen molar-refractivity contribution in [3.05, 3.63) is 29.8 Å². The van der Waals surface area contributed by atoms with Gasteiger partial charge in [0.1, 0.15) is 5.75 Å². The van der Waals surface area contributed by atoms with Gasteiger partial charge in [0.25, 0.3) is 0 Å². The Morgan fingerprint density at radius 1 is 1.25 bits per heavy atom. The Balaban J connectivity index is 2.02. The summed E-state index contributed by atoms with van der Waals surface area (Å²) in [7, 11) is 3.78. The van der Waals surface area contributed by atoms with E-state index in [9.17, 15) is 0 Å². The monoisotopic (exact) mass is 276 g/mol. The van der Waals surface area contributed by atoms with Crippen molar-refractivity contribution in [3.8, 4) is 5.75 Å². The molecule has 0 saturated carbocycles. The van der Waals surface area contributed by atoms with E-state index in [0.717, 1.165) is 12.3 Å². The average molecular weight is 276 g/mol. The van der Waals surface area contributed by atoms with Crippen molar-refractivity contribution in [1.29, 1.82) is 0 Å². The van der Waals surface area contributed by atoms with Crippen molar-refractivity contribution < 1.29 is 4.74 Å². The molecule has 0 spiro atoms. The lowest BCUT2D eigenvalue weighted by molar-refractivity contribution is 0.123. The van der Waals surface area contributed by atoms with Gasteiger partial charge in [-0.15, -0.1) is 0 Å². The minimum absolute atomic E-state index is 0.326. The zero-order chi connectivity index (χ0) is 14.6. The molecule has 1 aliphatic heterocycles. The first kappa shape index (κ1) is 15.3. The van der Waals surface area contributed by atoms with Crippen molar-refractivity contribution in [2.24, 2.45) is 5.41 Å². The van der Waals surface area contributed by atoms with Crippen LogP contribution in [0.25, 0.3) is 0 Å². The molecule has 0 aromatic heterocycles. The maximum absolute atomic E-state index is 5.49. The average Bonchev–Trinajstić information content (AvgIpc) is 2.46. The molecule has 0 radical (unpaired) electrons. The first-order valence-electron chi connectivity index (χ1n) is 7.58. The van der Waals surface area contributed by atoms with E-state index in [2.05, 4.69) is 36.2 Å². The fraction of sp³-hybridized carbons (Fsp3) is 0.647. The van der Waals surface area contributed by atoms with Crippen LogP contribution in [0.3, 0.4) is 0 Å². The maximum atomic E-state index is 5.49. The molecule has 1 aliphatic rings. The number of para-hydroxylation sites is 1. The van der Waals surface area contributed by atoms with Crippen molar-refractivity contribution >= 4 is 0 Å². The highest BCUT2D eigenvalue weighted by atomic mass is 16.5. The minimum atomic E-state index is 0.326. The van der Waals surface area contributed by atoms with Gasteiger partial charge in [0.05, 0.1) is 7.11 Å². The van der Waals surface area contributed by atoms with Crippen LogP contribution < -0.4 is 10.1 Å². The lowest BCUT2D eigenvalue weighted by Crippen LogP contribution is -2.41. The molecule has 3 nitrogen and oxygen atoms in total. The topological polar surface area (TPSA) is 24.5 Å². The molecule has 20 heavy (non-hydrogen) atoms. The normalized spacial score (nSPS) is 20.6. The number of hydrogen-bond donors (Lipinski definition) is 1. The molecule has 112 valence electrons. The zero-order valence-corrected chi connectivity index (χ0v) is 13.3. The highest BCUT2D eigenvalue weighted by Crippen LogP contribution is 2.31. The molecule has 1 aromatic rings. The first-order chi connectivity index (χ1) is 9.55. The van der Waals surface area contributed by atoms with Crippen LogP contribution in [0.4, 0.5) is 0 Å². The SMILES string of the molecule is CNC(CN1CCC(C)(C)CC1)c1ccccc1OC. The predicted octanol–water partition coefficient (Wildman–Crippen LogP) is 3.08. The number of ether oxygens (including phenoxy) is 1. The van der Waals surface area contributed by atoms with Gasteiger partial charge in [-0.2, -0.15) is 0 Å². The van der Waals surface area contributed by atoms with Gasteiger partial charge in [-0.25, -0.2) is 0 Å². The fourth-order valence-electron chi connectivity index (χ4n) is 2.90. The molecule has 1 N–H and O–H groups in total. The molecule has 1 heterocycles. The van der Waals surface area contributed by atoms with Crippen LogP contribution in [-0.2, 0) is 0 Å². The molecule has 1 fully saturated rings. The molecular formula is C17H28N2O. The summed E-state index contributed by atoms with van der Waals surface area (Å²) in [4.78, 5) is 2.57. The summed E-state index contributed by atoms with van der Waals surface area (Å²) in [5.74, 6) is 0.976. The second-order valence-corrected chi connectivity index (χ2v) is 6.55. The smallest absolute Gasteiger partial charge is 0.123 e. The Kier molecular flexibility index (Phi) is 5.06. The van der Waals surface area contributed by atoms with Gasteiger partial charge < -0.3 is 15.0 Å². The molecule has 0 amide bonds. The molecule has 1 atom stereocenters. The molecular weight excluding hydrogens is 248 g/mol. The van der Waals surface area contributed by atoms with Crippen molar-refractivity contribution in [2.75, 3.05) is 33.8 Å². The lowest BCUT2D eigenvalue weighted by atomic mass is 9.82. The number of likely N-dealkylation sites (N-methyl/N-ethyl adjacent to an activating group) is 1. The molecule has 0 bridgehead atoms. The summed E-state index contributed by atoms with van der Waals surface area (Å²) in [6.45, 7) is 8.19. The summed E-state index contributed by atoms with van der Waals surface area (Å²) < 4.78 is 5.49. The van der Waals surface area contributed by atoms with Crippen LogP contribution in [0.2, 0.25) is 0 Å². The number of piperidine rings is 1. The summed E-state index contributed by atoms with van der Waals surface area (Å²) in [6, 6.07) is 8.64. The number of methoxy groups -OCH3 is 1. The summed E-state index contributed by atoms with van der Waals surface area (Å²) in [5.41, 5.74) is 1.76. The van der Waals surface area contributed by atoms with E-state index in [0.29, 0.717) is 11.5 Å². The molecule has 2 rings (SSSR count). The van der Waals surface area contributed by atoms with Crippen molar-refractivity contribution in [3.63, 3.8) is 0 Å². The second-order valence-electron chi connectivity index (χ2n) is 6.55. The molecule has 0 aliphatic carbocycles. The molecule has 1 unspecified atom stereocenters. The van der Waals surface area contributed by atoms with Gasteiger partial charge in [0.15, 0.2) is 0 Å². The summed E-state index contributed by atoms with van der Waals surface area (Å²) in [6.07, 6.45) is 2.57. The van der Waals surface area contributed by atoms with Gasteiger partial charge in [-0.1, -0.05) is 32.0 Å². The van der Waals surface area contributed by atoms with E-state index in [4.69, 9.17) is 4.74 Å². The van der Waals surface area contributed by atoms with Crippen LogP contribution in [0.1, 0.15) is 38.3 Å². The van der Waals surface area contributed by atoms with Gasteiger partial charge >= 0.3 is 0 Å². The van der Waals surface area contributed by atoms with Crippen LogP contribution in [0.15, 0.2) is 24.3 Å². The number of hydrogen-bond acceptors (Lipinski definition) is 3. The standard InChI is InChI=1S/C17H28N2O/c1-17(2)9-11-19(12-10-17)13-15(18-3)14-7-5-6-8-16(14)20-4/h5-8,15,18H,9-13H2,1-4H3. The Morgan fingerprint density at radius 3 is 2.50 bits per heavy atom. The fourth-order valence-corrected chi connectivity index (χ4v) is 2.90. The Hall–Kier alpha value is -1.06. The Bertz CT molecular complexity index is 421. The third-order valence-electron chi connectivity index (χ3n) is 4.51.